The van der Waals surface area contributed by atoms with Gasteiger partial charge in [0, 0.05) is 23.6 Å². The topological polar surface area (TPSA) is 17.8 Å². The van der Waals surface area contributed by atoms with Crippen molar-refractivity contribution in [2.75, 3.05) is 10.7 Å². The molecule has 0 aliphatic carbocycles. The SMILES string of the molecule is BrCCCc1cccc2c1nc(CCCBr)n2Cc1ccccc1. The molecule has 2 nitrogen and oxygen atoms in total. The van der Waals surface area contributed by atoms with E-state index in [0.717, 1.165) is 42.9 Å². The van der Waals surface area contributed by atoms with Crippen molar-refractivity contribution in [3.8, 4) is 0 Å². The molecule has 0 bridgehead atoms. The summed E-state index contributed by atoms with van der Waals surface area (Å²) >= 11 is 7.09. The lowest BCUT2D eigenvalue weighted by Crippen LogP contribution is -2.05. The number of hydrogen-bond acceptors (Lipinski definition) is 1. The summed E-state index contributed by atoms with van der Waals surface area (Å²) in [6.07, 6.45) is 4.32. The first kappa shape index (κ1) is 17.7. The molecule has 3 aromatic rings. The normalized spacial score (nSPS) is 11.2. The maximum absolute atomic E-state index is 5.03. The van der Waals surface area contributed by atoms with Gasteiger partial charge in [0.15, 0.2) is 0 Å². The van der Waals surface area contributed by atoms with Crippen LogP contribution in [0.15, 0.2) is 48.5 Å². The molecule has 0 N–H and O–H groups in total. The minimum atomic E-state index is 0.886. The Morgan fingerprint density at radius 1 is 0.833 bits per heavy atom. The molecule has 0 saturated carbocycles. The van der Waals surface area contributed by atoms with Gasteiger partial charge in [0.1, 0.15) is 5.82 Å². The van der Waals surface area contributed by atoms with Crippen molar-refractivity contribution in [3.05, 3.63) is 65.5 Å². The van der Waals surface area contributed by atoms with Gasteiger partial charge in [0.25, 0.3) is 0 Å². The van der Waals surface area contributed by atoms with Crippen LogP contribution >= 0.6 is 31.9 Å². The van der Waals surface area contributed by atoms with Crippen molar-refractivity contribution in [2.24, 2.45) is 0 Å². The number of halogens is 2. The Hall–Kier alpha value is -1.13. The van der Waals surface area contributed by atoms with Crippen LogP contribution in [0.2, 0.25) is 0 Å². The van der Waals surface area contributed by atoms with E-state index < -0.39 is 0 Å². The zero-order valence-electron chi connectivity index (χ0n) is 13.7. The molecule has 0 radical (unpaired) electrons. The van der Waals surface area contributed by atoms with Gasteiger partial charge in [-0.1, -0.05) is 74.3 Å². The van der Waals surface area contributed by atoms with E-state index in [2.05, 4.69) is 85.0 Å². The van der Waals surface area contributed by atoms with Gasteiger partial charge in [-0.3, -0.25) is 0 Å². The Labute approximate surface area is 160 Å². The Kier molecular flexibility index (Phi) is 6.50. The van der Waals surface area contributed by atoms with Crippen molar-refractivity contribution >= 4 is 42.9 Å². The summed E-state index contributed by atoms with van der Waals surface area (Å²) < 4.78 is 2.39. The molecule has 0 aliphatic rings. The van der Waals surface area contributed by atoms with Crippen LogP contribution < -0.4 is 0 Å². The molecule has 1 heterocycles. The fourth-order valence-corrected chi connectivity index (χ4v) is 3.63. The fourth-order valence-electron chi connectivity index (χ4n) is 3.07. The molecule has 0 amide bonds. The van der Waals surface area contributed by atoms with Gasteiger partial charge in [0.05, 0.1) is 11.0 Å². The van der Waals surface area contributed by atoms with Crippen LogP contribution in [0, 0.1) is 0 Å². The third kappa shape index (κ3) is 4.09. The van der Waals surface area contributed by atoms with E-state index in [1.165, 1.54) is 28.0 Å². The van der Waals surface area contributed by atoms with Crippen molar-refractivity contribution < 1.29 is 0 Å². The van der Waals surface area contributed by atoms with Gasteiger partial charge in [-0.25, -0.2) is 4.98 Å². The second kappa shape index (κ2) is 8.82. The summed E-state index contributed by atoms with van der Waals surface area (Å²) in [7, 11) is 0. The van der Waals surface area contributed by atoms with Crippen LogP contribution in [-0.4, -0.2) is 20.2 Å². The lowest BCUT2D eigenvalue weighted by Gasteiger charge is -2.09. The molecule has 0 aliphatic heterocycles. The molecule has 126 valence electrons. The fraction of sp³-hybridized carbons (Fsp3) is 0.350. The van der Waals surface area contributed by atoms with E-state index in [-0.39, 0.29) is 0 Å². The van der Waals surface area contributed by atoms with Gasteiger partial charge in [0.2, 0.25) is 0 Å². The molecular weight excluding hydrogens is 428 g/mol. The van der Waals surface area contributed by atoms with E-state index in [1.807, 2.05) is 0 Å². The lowest BCUT2D eigenvalue weighted by atomic mass is 10.1. The first-order valence-corrected chi connectivity index (χ1v) is 10.7. The van der Waals surface area contributed by atoms with Crippen LogP contribution in [0.5, 0.6) is 0 Å². The van der Waals surface area contributed by atoms with Gasteiger partial charge in [-0.05, 0) is 36.5 Å². The molecule has 0 atom stereocenters. The van der Waals surface area contributed by atoms with E-state index >= 15 is 0 Å². The van der Waals surface area contributed by atoms with Gasteiger partial charge >= 0.3 is 0 Å². The molecule has 2 aromatic carbocycles. The van der Waals surface area contributed by atoms with Crippen LogP contribution in [0.25, 0.3) is 11.0 Å². The Morgan fingerprint density at radius 2 is 1.58 bits per heavy atom. The zero-order valence-corrected chi connectivity index (χ0v) is 16.9. The predicted octanol–water partition coefficient (Wildman–Crippen LogP) is 5.74. The highest BCUT2D eigenvalue weighted by atomic mass is 79.9. The first-order chi connectivity index (χ1) is 11.8. The molecule has 4 heteroatoms. The summed E-state index contributed by atoms with van der Waals surface area (Å²) in [5.74, 6) is 1.19. The van der Waals surface area contributed by atoms with Crippen molar-refractivity contribution in [3.63, 3.8) is 0 Å². The highest BCUT2D eigenvalue weighted by Gasteiger charge is 2.13. The monoisotopic (exact) mass is 448 g/mol. The zero-order chi connectivity index (χ0) is 16.8. The highest BCUT2D eigenvalue weighted by Crippen LogP contribution is 2.24. The standard InChI is InChI=1S/C20H22Br2N2/c21-13-5-10-17-9-4-11-18-20(17)23-19(12-6-14-22)24(18)15-16-7-2-1-3-8-16/h1-4,7-9,11H,5-6,10,12-15H2. The number of hydrogen-bond donors (Lipinski definition) is 0. The summed E-state index contributed by atoms with van der Waals surface area (Å²) in [6, 6.07) is 17.3. The molecule has 0 saturated heterocycles. The van der Waals surface area contributed by atoms with Crippen LogP contribution in [0.1, 0.15) is 29.8 Å². The number of imidazole rings is 1. The summed E-state index contributed by atoms with van der Waals surface area (Å²) in [5, 5.41) is 2.04. The summed E-state index contributed by atoms with van der Waals surface area (Å²) in [5.41, 5.74) is 5.12. The van der Waals surface area contributed by atoms with Crippen molar-refractivity contribution in [1.29, 1.82) is 0 Å². The second-order valence-corrected chi connectivity index (χ2v) is 7.56. The van der Waals surface area contributed by atoms with Crippen molar-refractivity contribution in [1.82, 2.24) is 9.55 Å². The molecular formula is C20H22Br2N2. The highest BCUT2D eigenvalue weighted by molar-refractivity contribution is 9.09. The predicted molar refractivity (Wildman–Crippen MR) is 110 cm³/mol. The van der Waals surface area contributed by atoms with E-state index in [9.17, 15) is 0 Å². The minimum absolute atomic E-state index is 0.886. The number of para-hydroxylation sites is 1. The number of aryl methyl sites for hydroxylation is 2. The number of benzene rings is 2. The number of fused-ring (bicyclic) bond motifs is 1. The minimum Gasteiger partial charge on any atom is -0.323 e. The lowest BCUT2D eigenvalue weighted by molar-refractivity contribution is 0.725. The van der Waals surface area contributed by atoms with Crippen LogP contribution in [0.3, 0.4) is 0 Å². The molecule has 1 aromatic heterocycles. The van der Waals surface area contributed by atoms with Gasteiger partial charge < -0.3 is 4.57 Å². The molecule has 0 fully saturated rings. The molecule has 0 unspecified atom stereocenters. The maximum atomic E-state index is 5.03. The van der Waals surface area contributed by atoms with E-state index in [4.69, 9.17) is 4.98 Å². The van der Waals surface area contributed by atoms with Crippen molar-refractivity contribution in [2.45, 2.75) is 32.2 Å². The smallest absolute Gasteiger partial charge is 0.110 e. The average molecular weight is 450 g/mol. The third-order valence-electron chi connectivity index (χ3n) is 4.24. The number of aromatic nitrogens is 2. The summed E-state index contributed by atoms with van der Waals surface area (Å²) in [4.78, 5) is 5.03. The average Bonchev–Trinajstić information content (AvgIpc) is 2.97. The number of rotatable bonds is 8. The number of nitrogens with zero attached hydrogens (tertiary/aromatic N) is 2. The van der Waals surface area contributed by atoms with Gasteiger partial charge in [-0.15, -0.1) is 0 Å². The maximum Gasteiger partial charge on any atom is 0.110 e. The summed E-state index contributed by atoms with van der Waals surface area (Å²) in [6.45, 7) is 0.886. The Bertz CT molecular complexity index is 781. The first-order valence-electron chi connectivity index (χ1n) is 8.46. The van der Waals surface area contributed by atoms with Gasteiger partial charge in [-0.2, -0.15) is 0 Å². The molecule has 3 rings (SSSR count). The van der Waals surface area contributed by atoms with Crippen LogP contribution in [-0.2, 0) is 19.4 Å². The quantitative estimate of drug-likeness (QED) is 0.401. The molecule has 0 spiro atoms. The van der Waals surface area contributed by atoms with E-state index in [0.29, 0.717) is 0 Å². The third-order valence-corrected chi connectivity index (χ3v) is 5.36. The van der Waals surface area contributed by atoms with E-state index in [1.54, 1.807) is 0 Å². The Balaban J connectivity index is 2.03. The Morgan fingerprint density at radius 3 is 2.33 bits per heavy atom. The van der Waals surface area contributed by atoms with Crippen LogP contribution in [0.4, 0.5) is 0 Å². The largest absolute Gasteiger partial charge is 0.323 e. The second-order valence-electron chi connectivity index (χ2n) is 5.97. The number of alkyl halides is 2. The molecule has 24 heavy (non-hydrogen) atoms.